The lowest BCUT2D eigenvalue weighted by molar-refractivity contribution is -0.0225. The second kappa shape index (κ2) is 4.35. The highest BCUT2D eigenvalue weighted by Gasteiger charge is 2.30. The Morgan fingerprint density at radius 3 is 2.85 bits per heavy atom. The van der Waals surface area contributed by atoms with Gasteiger partial charge < -0.3 is 10.4 Å². The SMILES string of the molecule is CC(C)(F)N1CCNC(CCO)C1. The van der Waals surface area contributed by atoms with E-state index in [9.17, 15) is 4.39 Å². The molecule has 0 bridgehead atoms. The van der Waals surface area contributed by atoms with Crippen LogP contribution in [-0.4, -0.2) is 48.1 Å². The number of aliphatic hydroxyl groups is 1. The van der Waals surface area contributed by atoms with Crippen LogP contribution in [0.2, 0.25) is 0 Å². The number of aliphatic hydroxyl groups excluding tert-OH is 1. The summed E-state index contributed by atoms with van der Waals surface area (Å²) in [5.74, 6) is -1.24. The molecule has 1 heterocycles. The standard InChI is InChI=1S/C9H19FN2O/c1-9(2,10)12-5-4-11-8(7-12)3-6-13/h8,11,13H,3-7H2,1-2H3. The van der Waals surface area contributed by atoms with Gasteiger partial charge in [0.05, 0.1) is 0 Å². The maximum atomic E-state index is 13.5. The van der Waals surface area contributed by atoms with Gasteiger partial charge in [0.15, 0.2) is 5.79 Å². The average Bonchev–Trinajstić information content (AvgIpc) is 2.04. The van der Waals surface area contributed by atoms with Gasteiger partial charge in [-0.25, -0.2) is 4.39 Å². The van der Waals surface area contributed by atoms with Crippen molar-refractivity contribution in [2.45, 2.75) is 32.1 Å². The van der Waals surface area contributed by atoms with Crippen molar-refractivity contribution in [1.29, 1.82) is 0 Å². The lowest BCUT2D eigenvalue weighted by Gasteiger charge is -2.39. The molecule has 0 amide bonds. The van der Waals surface area contributed by atoms with Crippen LogP contribution in [0.3, 0.4) is 0 Å². The first-order valence-electron chi connectivity index (χ1n) is 4.82. The third-order valence-corrected chi connectivity index (χ3v) is 2.49. The molecular formula is C9H19FN2O. The van der Waals surface area contributed by atoms with Gasteiger partial charge in [0.25, 0.3) is 0 Å². The number of piperazine rings is 1. The molecule has 0 aliphatic carbocycles. The summed E-state index contributed by atoms with van der Waals surface area (Å²) in [6, 6.07) is 0.230. The summed E-state index contributed by atoms with van der Waals surface area (Å²) < 4.78 is 13.5. The van der Waals surface area contributed by atoms with Crippen LogP contribution in [0.4, 0.5) is 4.39 Å². The molecule has 78 valence electrons. The predicted molar refractivity (Wildman–Crippen MR) is 50.3 cm³/mol. The van der Waals surface area contributed by atoms with Crippen molar-refractivity contribution >= 4 is 0 Å². The highest BCUT2D eigenvalue weighted by atomic mass is 19.1. The van der Waals surface area contributed by atoms with E-state index in [1.165, 1.54) is 0 Å². The van der Waals surface area contributed by atoms with Crippen molar-refractivity contribution in [2.75, 3.05) is 26.2 Å². The van der Waals surface area contributed by atoms with E-state index in [0.717, 1.165) is 13.1 Å². The van der Waals surface area contributed by atoms with Crippen molar-refractivity contribution in [3.05, 3.63) is 0 Å². The molecule has 2 N–H and O–H groups in total. The molecule has 1 aliphatic heterocycles. The summed E-state index contributed by atoms with van der Waals surface area (Å²) in [5, 5.41) is 12.0. The second-order valence-electron chi connectivity index (χ2n) is 4.02. The fraction of sp³-hybridized carbons (Fsp3) is 1.00. The zero-order valence-corrected chi connectivity index (χ0v) is 8.39. The largest absolute Gasteiger partial charge is 0.396 e. The van der Waals surface area contributed by atoms with Gasteiger partial charge in [0, 0.05) is 32.3 Å². The minimum absolute atomic E-state index is 0.165. The van der Waals surface area contributed by atoms with E-state index in [-0.39, 0.29) is 12.6 Å². The first kappa shape index (κ1) is 10.9. The van der Waals surface area contributed by atoms with Crippen LogP contribution in [0.15, 0.2) is 0 Å². The number of nitrogens with zero attached hydrogens (tertiary/aromatic N) is 1. The van der Waals surface area contributed by atoms with Crippen molar-refractivity contribution in [3.8, 4) is 0 Å². The Labute approximate surface area is 78.9 Å². The van der Waals surface area contributed by atoms with Gasteiger partial charge >= 0.3 is 0 Å². The summed E-state index contributed by atoms with van der Waals surface area (Å²) in [6.07, 6.45) is 0.701. The molecule has 0 radical (unpaired) electrons. The molecule has 0 aromatic heterocycles. The predicted octanol–water partition coefficient (Wildman–Crippen LogP) is 0.348. The van der Waals surface area contributed by atoms with Gasteiger partial charge in [-0.2, -0.15) is 0 Å². The van der Waals surface area contributed by atoms with Crippen LogP contribution in [0.1, 0.15) is 20.3 Å². The Bertz CT molecular complexity index is 156. The Balaban J connectivity index is 2.42. The smallest absolute Gasteiger partial charge is 0.158 e. The molecule has 0 aromatic rings. The first-order chi connectivity index (χ1) is 6.04. The summed E-state index contributed by atoms with van der Waals surface area (Å²) >= 11 is 0. The van der Waals surface area contributed by atoms with Crippen LogP contribution in [0, 0.1) is 0 Å². The minimum atomic E-state index is -1.24. The Kier molecular flexibility index (Phi) is 3.64. The van der Waals surface area contributed by atoms with Crippen molar-refractivity contribution in [2.24, 2.45) is 0 Å². The number of hydrogen-bond donors (Lipinski definition) is 2. The minimum Gasteiger partial charge on any atom is -0.396 e. The number of alkyl halides is 1. The third-order valence-electron chi connectivity index (χ3n) is 2.49. The highest BCUT2D eigenvalue weighted by Crippen LogP contribution is 2.18. The number of halogens is 1. The van der Waals surface area contributed by atoms with Gasteiger partial charge in [-0.15, -0.1) is 0 Å². The van der Waals surface area contributed by atoms with Crippen molar-refractivity contribution < 1.29 is 9.50 Å². The second-order valence-corrected chi connectivity index (χ2v) is 4.02. The van der Waals surface area contributed by atoms with Crippen LogP contribution in [-0.2, 0) is 0 Å². The molecular weight excluding hydrogens is 171 g/mol. The van der Waals surface area contributed by atoms with E-state index >= 15 is 0 Å². The highest BCUT2D eigenvalue weighted by molar-refractivity contribution is 4.82. The fourth-order valence-electron chi connectivity index (χ4n) is 1.66. The lowest BCUT2D eigenvalue weighted by atomic mass is 10.1. The maximum Gasteiger partial charge on any atom is 0.158 e. The molecule has 1 aliphatic rings. The molecule has 1 unspecified atom stereocenters. The summed E-state index contributed by atoms with van der Waals surface area (Å²) in [4.78, 5) is 1.81. The molecule has 0 aromatic carbocycles. The Hall–Kier alpha value is -0.190. The third kappa shape index (κ3) is 3.21. The maximum absolute atomic E-state index is 13.5. The van der Waals surface area contributed by atoms with Crippen LogP contribution in [0.25, 0.3) is 0 Å². The summed E-state index contributed by atoms with van der Waals surface area (Å²) in [5.41, 5.74) is 0. The molecule has 1 fully saturated rings. The molecule has 1 saturated heterocycles. The van der Waals surface area contributed by atoms with Gasteiger partial charge in [-0.3, -0.25) is 4.90 Å². The first-order valence-corrected chi connectivity index (χ1v) is 4.82. The zero-order valence-electron chi connectivity index (χ0n) is 8.39. The van der Waals surface area contributed by atoms with Gasteiger partial charge in [-0.05, 0) is 20.3 Å². The number of rotatable bonds is 3. The van der Waals surface area contributed by atoms with E-state index in [2.05, 4.69) is 5.32 Å². The molecule has 1 atom stereocenters. The van der Waals surface area contributed by atoms with E-state index in [1.54, 1.807) is 13.8 Å². The van der Waals surface area contributed by atoms with Crippen molar-refractivity contribution in [3.63, 3.8) is 0 Å². The molecule has 1 rings (SSSR count). The van der Waals surface area contributed by atoms with Gasteiger partial charge in [0.2, 0.25) is 0 Å². The van der Waals surface area contributed by atoms with E-state index in [4.69, 9.17) is 5.11 Å². The van der Waals surface area contributed by atoms with E-state index < -0.39 is 5.79 Å². The van der Waals surface area contributed by atoms with Gasteiger partial charge in [-0.1, -0.05) is 0 Å². The molecule has 0 saturated carbocycles. The molecule has 0 spiro atoms. The van der Waals surface area contributed by atoms with Gasteiger partial charge in [0.1, 0.15) is 0 Å². The lowest BCUT2D eigenvalue weighted by Crippen LogP contribution is -2.56. The van der Waals surface area contributed by atoms with Crippen LogP contribution in [0.5, 0.6) is 0 Å². The fourth-order valence-corrected chi connectivity index (χ4v) is 1.66. The summed E-state index contributed by atoms with van der Waals surface area (Å²) in [7, 11) is 0. The Morgan fingerprint density at radius 1 is 1.62 bits per heavy atom. The molecule has 3 nitrogen and oxygen atoms in total. The number of nitrogens with one attached hydrogen (secondary N) is 1. The number of hydrogen-bond acceptors (Lipinski definition) is 3. The van der Waals surface area contributed by atoms with E-state index in [1.807, 2.05) is 4.90 Å². The normalized spacial score (nSPS) is 26.3. The average molecular weight is 190 g/mol. The summed E-state index contributed by atoms with van der Waals surface area (Å²) in [6.45, 7) is 5.55. The Morgan fingerprint density at radius 2 is 2.31 bits per heavy atom. The van der Waals surface area contributed by atoms with Crippen LogP contribution < -0.4 is 5.32 Å². The monoisotopic (exact) mass is 190 g/mol. The van der Waals surface area contributed by atoms with E-state index in [0.29, 0.717) is 13.0 Å². The zero-order chi connectivity index (χ0) is 9.90. The van der Waals surface area contributed by atoms with Crippen molar-refractivity contribution in [1.82, 2.24) is 10.2 Å². The molecule has 13 heavy (non-hydrogen) atoms. The quantitative estimate of drug-likeness (QED) is 0.630. The molecule has 4 heteroatoms. The topological polar surface area (TPSA) is 35.5 Å². The van der Waals surface area contributed by atoms with Crippen LogP contribution >= 0.6 is 0 Å².